The van der Waals surface area contributed by atoms with Crippen LogP contribution in [0.5, 0.6) is 0 Å². The average molecular weight is 419 g/mol. The second kappa shape index (κ2) is 9.31. The second-order valence-corrected chi connectivity index (χ2v) is 7.89. The van der Waals surface area contributed by atoms with Crippen LogP contribution in [0.4, 0.5) is 5.82 Å². The summed E-state index contributed by atoms with van der Waals surface area (Å²) in [6, 6.07) is 5.35. The molecule has 7 nitrogen and oxygen atoms in total. The molecule has 0 spiro atoms. The molecule has 9 heteroatoms. The van der Waals surface area contributed by atoms with Crippen LogP contribution in [0.15, 0.2) is 34.1 Å². The first-order valence-electron chi connectivity index (χ1n) is 9.06. The van der Waals surface area contributed by atoms with E-state index in [4.69, 9.17) is 17.0 Å². The molecule has 1 N–H and O–H groups in total. The summed E-state index contributed by atoms with van der Waals surface area (Å²) in [6.07, 6.45) is 5.10. The summed E-state index contributed by atoms with van der Waals surface area (Å²) in [6.45, 7) is 3.61. The third-order valence-corrected chi connectivity index (χ3v) is 5.63. The fraction of sp³-hybridized carbons (Fsp3) is 0.368. The number of unbranched alkanes of at least 4 members (excludes halogenated alkanes) is 1. The Morgan fingerprint density at radius 3 is 2.93 bits per heavy atom. The number of nitrogens with one attached hydrogen (secondary N) is 1. The number of thioether (sulfide) groups is 1. The van der Waals surface area contributed by atoms with Gasteiger partial charge in [0.1, 0.15) is 15.8 Å². The molecular weight excluding hydrogens is 396 g/mol. The van der Waals surface area contributed by atoms with Gasteiger partial charge in [0.15, 0.2) is 0 Å². The number of aromatic nitrogens is 2. The zero-order valence-corrected chi connectivity index (χ0v) is 17.4. The van der Waals surface area contributed by atoms with Crippen LogP contribution >= 0.6 is 24.0 Å². The largest absolute Gasteiger partial charge is 0.383 e. The molecule has 0 radical (unpaired) electrons. The predicted octanol–water partition coefficient (Wildman–Crippen LogP) is 2.75. The number of carbonyl (C=O) groups excluding carboxylic acids is 1. The Kier molecular flexibility index (Phi) is 6.82. The van der Waals surface area contributed by atoms with E-state index < -0.39 is 0 Å². The Morgan fingerprint density at radius 1 is 1.36 bits per heavy atom. The van der Waals surface area contributed by atoms with Crippen molar-refractivity contribution >= 4 is 51.7 Å². The third kappa shape index (κ3) is 4.26. The molecule has 3 heterocycles. The van der Waals surface area contributed by atoms with Gasteiger partial charge in [-0.15, -0.1) is 0 Å². The normalized spacial score (nSPS) is 15.8. The summed E-state index contributed by atoms with van der Waals surface area (Å²) in [7, 11) is 1.60. The minimum Gasteiger partial charge on any atom is -0.383 e. The number of ether oxygens (including phenoxy) is 1. The van der Waals surface area contributed by atoms with Gasteiger partial charge in [0, 0.05) is 26.4 Å². The number of fused-ring (bicyclic) bond motifs is 1. The van der Waals surface area contributed by atoms with Crippen LogP contribution in [0.2, 0.25) is 0 Å². The van der Waals surface area contributed by atoms with Gasteiger partial charge in [-0.25, -0.2) is 4.98 Å². The number of pyridine rings is 1. The summed E-state index contributed by atoms with van der Waals surface area (Å²) >= 11 is 6.57. The lowest BCUT2D eigenvalue weighted by Crippen LogP contribution is -2.29. The lowest BCUT2D eigenvalue weighted by molar-refractivity contribution is -0.122. The molecule has 1 fully saturated rings. The number of hydrogen-bond acceptors (Lipinski definition) is 7. The van der Waals surface area contributed by atoms with Gasteiger partial charge in [0.2, 0.25) is 0 Å². The number of rotatable bonds is 8. The molecule has 28 heavy (non-hydrogen) atoms. The van der Waals surface area contributed by atoms with E-state index in [1.807, 2.05) is 6.07 Å². The highest BCUT2D eigenvalue weighted by Crippen LogP contribution is 2.33. The summed E-state index contributed by atoms with van der Waals surface area (Å²) in [5, 5.41) is 3.13. The Balaban J connectivity index is 2.03. The van der Waals surface area contributed by atoms with E-state index in [2.05, 4.69) is 17.2 Å². The molecule has 2 aromatic heterocycles. The minimum atomic E-state index is -0.246. The van der Waals surface area contributed by atoms with Crippen LogP contribution in [0.25, 0.3) is 11.7 Å². The zero-order valence-electron chi connectivity index (χ0n) is 15.8. The number of thiocarbonyl (C=S) groups is 1. The van der Waals surface area contributed by atoms with Crippen LogP contribution in [-0.4, -0.2) is 51.3 Å². The molecule has 1 amide bonds. The van der Waals surface area contributed by atoms with Crippen molar-refractivity contribution in [2.75, 3.05) is 32.1 Å². The average Bonchev–Trinajstić information content (AvgIpc) is 2.96. The second-order valence-electron chi connectivity index (χ2n) is 6.21. The molecule has 1 saturated heterocycles. The van der Waals surface area contributed by atoms with Crippen molar-refractivity contribution in [3.8, 4) is 0 Å². The highest BCUT2D eigenvalue weighted by atomic mass is 32.2. The van der Waals surface area contributed by atoms with E-state index in [0.29, 0.717) is 46.0 Å². The standard InChI is InChI=1S/C19H22N4O3S2/c1-3-4-9-23-18(25)14(28-19(23)27)12-13-16(20-8-11-26-2)21-15-7-5-6-10-22(15)17(13)24/h5-7,10,12,20H,3-4,8-9,11H2,1-2H3/b14-12-. The van der Waals surface area contributed by atoms with Gasteiger partial charge in [0.25, 0.3) is 11.5 Å². The smallest absolute Gasteiger partial charge is 0.267 e. The Bertz CT molecular complexity index is 987. The quantitative estimate of drug-likeness (QED) is 0.401. The van der Waals surface area contributed by atoms with Crippen molar-refractivity contribution in [2.45, 2.75) is 19.8 Å². The molecule has 0 saturated carbocycles. The van der Waals surface area contributed by atoms with E-state index in [1.54, 1.807) is 36.4 Å². The molecule has 0 bridgehead atoms. The maximum absolute atomic E-state index is 13.1. The molecule has 0 aromatic carbocycles. The van der Waals surface area contributed by atoms with Crippen molar-refractivity contribution < 1.29 is 9.53 Å². The number of nitrogens with zero attached hydrogens (tertiary/aromatic N) is 3. The van der Waals surface area contributed by atoms with Crippen molar-refractivity contribution in [3.63, 3.8) is 0 Å². The van der Waals surface area contributed by atoms with E-state index in [-0.39, 0.29) is 11.5 Å². The molecule has 0 atom stereocenters. The molecular formula is C19H22N4O3S2. The molecule has 1 aliphatic heterocycles. The van der Waals surface area contributed by atoms with Crippen molar-refractivity contribution in [2.24, 2.45) is 0 Å². The predicted molar refractivity (Wildman–Crippen MR) is 117 cm³/mol. The maximum atomic E-state index is 13.1. The lowest BCUT2D eigenvalue weighted by atomic mass is 10.2. The number of hydrogen-bond donors (Lipinski definition) is 1. The van der Waals surface area contributed by atoms with Crippen molar-refractivity contribution in [1.82, 2.24) is 14.3 Å². The first kappa shape index (κ1) is 20.5. The summed E-state index contributed by atoms with van der Waals surface area (Å²) < 4.78 is 7.05. The molecule has 148 valence electrons. The van der Waals surface area contributed by atoms with E-state index >= 15 is 0 Å². The first-order valence-corrected chi connectivity index (χ1v) is 10.3. The van der Waals surface area contributed by atoms with Crippen LogP contribution in [0.3, 0.4) is 0 Å². The Morgan fingerprint density at radius 2 is 2.18 bits per heavy atom. The highest BCUT2D eigenvalue weighted by molar-refractivity contribution is 8.26. The number of anilines is 1. The van der Waals surface area contributed by atoms with Crippen LogP contribution in [0.1, 0.15) is 25.3 Å². The van der Waals surface area contributed by atoms with Gasteiger partial charge in [0.05, 0.1) is 17.1 Å². The Labute approximate surface area is 172 Å². The first-order chi connectivity index (χ1) is 13.6. The third-order valence-electron chi connectivity index (χ3n) is 4.25. The molecule has 0 aliphatic carbocycles. The van der Waals surface area contributed by atoms with Crippen LogP contribution < -0.4 is 10.9 Å². The summed E-state index contributed by atoms with van der Waals surface area (Å²) in [5.41, 5.74) is 0.611. The van der Waals surface area contributed by atoms with Crippen LogP contribution in [0, 0.1) is 0 Å². The monoisotopic (exact) mass is 418 g/mol. The molecule has 3 rings (SSSR count). The highest BCUT2D eigenvalue weighted by Gasteiger charge is 2.32. The van der Waals surface area contributed by atoms with E-state index in [1.165, 1.54) is 16.2 Å². The van der Waals surface area contributed by atoms with E-state index in [0.717, 1.165) is 12.8 Å². The van der Waals surface area contributed by atoms with Crippen molar-refractivity contribution in [1.29, 1.82) is 0 Å². The van der Waals surface area contributed by atoms with Crippen LogP contribution in [-0.2, 0) is 9.53 Å². The fourth-order valence-electron chi connectivity index (χ4n) is 2.78. The summed E-state index contributed by atoms with van der Waals surface area (Å²) in [4.78, 5) is 32.4. The number of carbonyl (C=O) groups is 1. The maximum Gasteiger partial charge on any atom is 0.267 e. The number of methoxy groups -OCH3 is 1. The van der Waals surface area contributed by atoms with Gasteiger partial charge >= 0.3 is 0 Å². The number of amides is 1. The fourth-order valence-corrected chi connectivity index (χ4v) is 4.07. The molecule has 1 aliphatic rings. The molecule has 0 unspecified atom stereocenters. The minimum absolute atomic E-state index is 0.163. The van der Waals surface area contributed by atoms with E-state index in [9.17, 15) is 9.59 Å². The van der Waals surface area contributed by atoms with Gasteiger partial charge in [-0.3, -0.25) is 18.9 Å². The van der Waals surface area contributed by atoms with Crippen molar-refractivity contribution in [3.05, 3.63) is 45.2 Å². The van der Waals surface area contributed by atoms with Gasteiger partial charge in [-0.1, -0.05) is 43.4 Å². The molecule has 2 aromatic rings. The summed E-state index contributed by atoms with van der Waals surface area (Å²) in [5.74, 6) is 0.260. The Hall–Kier alpha value is -2.23. The zero-order chi connectivity index (χ0) is 20.1. The SMILES string of the molecule is CCCCN1C(=O)/C(=C/c2c(NCCOC)nc3ccccn3c2=O)SC1=S. The van der Waals surface area contributed by atoms with Gasteiger partial charge < -0.3 is 10.1 Å². The topological polar surface area (TPSA) is 75.9 Å². The van der Waals surface area contributed by atoms with Gasteiger partial charge in [-0.05, 0) is 24.6 Å². The van der Waals surface area contributed by atoms with Gasteiger partial charge in [-0.2, -0.15) is 0 Å². The lowest BCUT2D eigenvalue weighted by Gasteiger charge is -2.13.